The summed E-state index contributed by atoms with van der Waals surface area (Å²) in [6.45, 7) is 1.43. The topological polar surface area (TPSA) is 39.4 Å². The number of methoxy groups -OCH3 is 1. The second-order valence-electron chi connectivity index (χ2n) is 7.33. The van der Waals surface area contributed by atoms with E-state index in [1.807, 2.05) is 12.1 Å². The molecule has 0 radical (unpaired) electrons. The van der Waals surface area contributed by atoms with Crippen molar-refractivity contribution in [1.29, 1.82) is 0 Å². The average Bonchev–Trinajstić information content (AvgIpc) is 3.16. The lowest BCUT2D eigenvalue weighted by molar-refractivity contribution is 0.187. The Morgan fingerprint density at radius 1 is 1.14 bits per heavy atom. The van der Waals surface area contributed by atoms with Crippen molar-refractivity contribution >= 4 is 17.0 Å². The van der Waals surface area contributed by atoms with E-state index in [1.54, 1.807) is 30.8 Å². The highest BCUT2D eigenvalue weighted by Gasteiger charge is 2.16. The molecule has 28 heavy (non-hydrogen) atoms. The van der Waals surface area contributed by atoms with Crippen LogP contribution in [0.5, 0.6) is 0 Å². The van der Waals surface area contributed by atoms with Gasteiger partial charge in [-0.3, -0.25) is 4.98 Å². The number of nitrogens with zero attached hydrogens (tertiary/aromatic N) is 3. The van der Waals surface area contributed by atoms with Gasteiger partial charge in [-0.05, 0) is 42.0 Å². The number of hydrogen-bond donors (Lipinski definition) is 0. The summed E-state index contributed by atoms with van der Waals surface area (Å²) in [7, 11) is 1.74. The van der Waals surface area contributed by atoms with Crippen molar-refractivity contribution in [1.82, 2.24) is 9.55 Å². The number of benzene rings is 1. The number of ether oxygens (including phenoxy) is 1. The molecule has 0 atom stereocenters. The molecule has 1 aliphatic carbocycles. The van der Waals surface area contributed by atoms with Crippen LogP contribution in [0.3, 0.4) is 0 Å². The minimum Gasteiger partial charge on any atom is -0.383 e. The number of pyridine rings is 1. The monoisotopic (exact) mass is 393 g/mol. The van der Waals surface area contributed by atoms with Crippen LogP contribution in [-0.4, -0.2) is 23.3 Å². The van der Waals surface area contributed by atoms with Crippen LogP contribution in [0.2, 0.25) is 0 Å². The van der Waals surface area contributed by atoms with Crippen molar-refractivity contribution in [2.45, 2.75) is 44.6 Å². The SMILES string of the molecule is COCCn1c(-c2ccc(C3CCCCC3)cc2)csc1=Nc1cccnc1. The third-order valence-corrected chi connectivity index (χ3v) is 6.33. The van der Waals surface area contributed by atoms with Gasteiger partial charge in [0.15, 0.2) is 4.80 Å². The standard InChI is InChI=1S/C23H27N3OS/c1-27-15-14-26-22(17-28-23(26)25-21-8-5-13-24-16-21)20-11-9-19(10-12-20)18-6-3-2-4-7-18/h5,8-13,16-18H,2-4,6-7,14-15H2,1H3. The van der Waals surface area contributed by atoms with Crippen LogP contribution in [0.1, 0.15) is 43.6 Å². The Balaban J connectivity index is 1.66. The van der Waals surface area contributed by atoms with Crippen LogP contribution >= 0.6 is 11.3 Å². The lowest BCUT2D eigenvalue weighted by atomic mass is 9.84. The van der Waals surface area contributed by atoms with E-state index in [4.69, 9.17) is 9.73 Å². The molecule has 0 bridgehead atoms. The summed E-state index contributed by atoms with van der Waals surface area (Å²) in [5.41, 5.74) is 4.79. The molecule has 1 aliphatic rings. The first-order valence-electron chi connectivity index (χ1n) is 10.1. The lowest BCUT2D eigenvalue weighted by Gasteiger charge is -2.22. The molecule has 3 aromatic rings. The van der Waals surface area contributed by atoms with Crippen molar-refractivity contribution < 1.29 is 4.74 Å². The van der Waals surface area contributed by atoms with E-state index in [0.717, 1.165) is 23.0 Å². The maximum atomic E-state index is 5.34. The van der Waals surface area contributed by atoms with Gasteiger partial charge in [0.1, 0.15) is 0 Å². The normalized spacial score (nSPS) is 15.8. The third-order valence-electron chi connectivity index (χ3n) is 5.47. The van der Waals surface area contributed by atoms with Crippen LogP contribution in [0, 0.1) is 0 Å². The summed E-state index contributed by atoms with van der Waals surface area (Å²) in [5, 5.41) is 2.19. The van der Waals surface area contributed by atoms with E-state index in [9.17, 15) is 0 Å². The molecule has 4 rings (SSSR count). The van der Waals surface area contributed by atoms with Crippen molar-refractivity contribution in [3.63, 3.8) is 0 Å². The van der Waals surface area contributed by atoms with Gasteiger partial charge in [-0.25, -0.2) is 4.99 Å². The van der Waals surface area contributed by atoms with E-state index < -0.39 is 0 Å². The fourth-order valence-electron chi connectivity index (χ4n) is 3.94. The maximum absolute atomic E-state index is 5.34. The van der Waals surface area contributed by atoms with E-state index in [2.05, 4.69) is 39.2 Å². The molecule has 2 heterocycles. The van der Waals surface area contributed by atoms with Crippen molar-refractivity contribution in [2.24, 2.45) is 4.99 Å². The summed E-state index contributed by atoms with van der Waals surface area (Å²) in [4.78, 5) is 9.93. The minimum absolute atomic E-state index is 0.657. The van der Waals surface area contributed by atoms with Crippen LogP contribution in [0.25, 0.3) is 11.3 Å². The van der Waals surface area contributed by atoms with Gasteiger partial charge in [-0.1, -0.05) is 43.5 Å². The molecule has 2 aromatic heterocycles. The van der Waals surface area contributed by atoms with Crippen molar-refractivity contribution in [3.8, 4) is 11.3 Å². The molecule has 1 aromatic carbocycles. The fraction of sp³-hybridized carbons (Fsp3) is 0.391. The van der Waals surface area contributed by atoms with Gasteiger partial charge in [0.2, 0.25) is 0 Å². The second-order valence-corrected chi connectivity index (χ2v) is 8.16. The third kappa shape index (κ3) is 4.42. The maximum Gasteiger partial charge on any atom is 0.190 e. The zero-order valence-electron chi connectivity index (χ0n) is 16.4. The predicted octanol–water partition coefficient (Wildman–Crippen LogP) is 5.54. The number of hydrogen-bond acceptors (Lipinski definition) is 4. The molecule has 0 N–H and O–H groups in total. The van der Waals surface area contributed by atoms with Gasteiger partial charge < -0.3 is 9.30 Å². The zero-order valence-corrected chi connectivity index (χ0v) is 17.2. The molecule has 0 saturated heterocycles. The Kier molecular flexibility index (Phi) is 6.34. The largest absolute Gasteiger partial charge is 0.383 e. The molecule has 1 saturated carbocycles. The summed E-state index contributed by atoms with van der Waals surface area (Å²) in [5.74, 6) is 0.738. The smallest absolute Gasteiger partial charge is 0.190 e. The first-order chi connectivity index (χ1) is 13.8. The molecule has 0 spiro atoms. The Morgan fingerprint density at radius 2 is 1.96 bits per heavy atom. The van der Waals surface area contributed by atoms with E-state index >= 15 is 0 Å². The quantitative estimate of drug-likeness (QED) is 0.552. The highest BCUT2D eigenvalue weighted by atomic mass is 32.1. The number of aromatic nitrogens is 2. The van der Waals surface area contributed by atoms with Crippen LogP contribution in [-0.2, 0) is 11.3 Å². The van der Waals surface area contributed by atoms with Gasteiger partial charge >= 0.3 is 0 Å². The summed E-state index contributed by atoms with van der Waals surface area (Å²) in [6.07, 6.45) is 10.4. The number of thiazole rings is 1. The van der Waals surface area contributed by atoms with Crippen molar-refractivity contribution in [3.05, 3.63) is 64.5 Å². The molecule has 0 amide bonds. The molecule has 4 nitrogen and oxygen atoms in total. The summed E-state index contributed by atoms with van der Waals surface area (Å²) in [6, 6.07) is 13.1. The van der Waals surface area contributed by atoms with Gasteiger partial charge in [0.05, 0.1) is 24.2 Å². The fourth-order valence-corrected chi connectivity index (χ4v) is 4.90. The van der Waals surface area contributed by atoms with Gasteiger partial charge in [-0.2, -0.15) is 0 Å². The average molecular weight is 394 g/mol. The van der Waals surface area contributed by atoms with Crippen LogP contribution in [0.15, 0.2) is 59.2 Å². The Bertz CT molecular complexity index is 938. The molecule has 146 valence electrons. The molecular formula is C23H27N3OS. The zero-order chi connectivity index (χ0) is 19.2. The Morgan fingerprint density at radius 3 is 2.68 bits per heavy atom. The van der Waals surface area contributed by atoms with Gasteiger partial charge in [0.25, 0.3) is 0 Å². The van der Waals surface area contributed by atoms with Gasteiger partial charge in [0, 0.05) is 25.2 Å². The first-order valence-corrected chi connectivity index (χ1v) is 11.0. The van der Waals surface area contributed by atoms with Crippen LogP contribution in [0.4, 0.5) is 5.69 Å². The van der Waals surface area contributed by atoms with Gasteiger partial charge in [-0.15, -0.1) is 11.3 Å². The number of rotatable bonds is 6. The van der Waals surface area contributed by atoms with Crippen molar-refractivity contribution in [2.75, 3.05) is 13.7 Å². The summed E-state index contributed by atoms with van der Waals surface area (Å²) < 4.78 is 7.59. The summed E-state index contributed by atoms with van der Waals surface area (Å²) >= 11 is 1.66. The van der Waals surface area contributed by atoms with E-state index in [0.29, 0.717) is 6.61 Å². The minimum atomic E-state index is 0.657. The van der Waals surface area contributed by atoms with Crippen LogP contribution < -0.4 is 4.80 Å². The Hall–Kier alpha value is -2.24. The molecule has 0 unspecified atom stereocenters. The predicted molar refractivity (Wildman–Crippen MR) is 115 cm³/mol. The highest BCUT2D eigenvalue weighted by Crippen LogP contribution is 2.33. The Labute approximate surface area is 170 Å². The molecule has 1 fully saturated rings. The van der Waals surface area contributed by atoms with E-state index in [1.165, 1.54) is 48.9 Å². The second kappa shape index (κ2) is 9.30. The molecule has 0 aliphatic heterocycles. The highest BCUT2D eigenvalue weighted by molar-refractivity contribution is 7.07. The van der Waals surface area contributed by atoms with E-state index in [-0.39, 0.29) is 0 Å². The first kappa shape index (κ1) is 19.1. The lowest BCUT2D eigenvalue weighted by Crippen LogP contribution is -2.18. The molecule has 5 heteroatoms. The molecular weight excluding hydrogens is 366 g/mol.